The summed E-state index contributed by atoms with van der Waals surface area (Å²) in [6.45, 7) is 9.65. The zero-order valence-electron chi connectivity index (χ0n) is 18.9. The van der Waals surface area contributed by atoms with Gasteiger partial charge in [0, 0.05) is 5.92 Å². The van der Waals surface area contributed by atoms with Crippen molar-refractivity contribution in [2.75, 3.05) is 0 Å². The zero-order chi connectivity index (χ0) is 22.9. The number of ketones is 1. The number of aliphatic hydroxyl groups is 1. The first-order valence-corrected chi connectivity index (χ1v) is 11.6. The summed E-state index contributed by atoms with van der Waals surface area (Å²) in [6, 6.07) is 7.19. The number of amides is 1. The van der Waals surface area contributed by atoms with E-state index in [9.17, 15) is 14.7 Å². The van der Waals surface area contributed by atoms with Crippen LogP contribution < -0.4 is 11.1 Å². The minimum Gasteiger partial charge on any atom is -0.393 e. The summed E-state index contributed by atoms with van der Waals surface area (Å²) < 4.78 is 0. The molecule has 0 spiro atoms. The number of carbonyl (C=O) groups is 2. The molecule has 1 aromatic heterocycles. The molecule has 0 aliphatic heterocycles. The van der Waals surface area contributed by atoms with Gasteiger partial charge in [0.05, 0.1) is 40.2 Å². The van der Waals surface area contributed by atoms with Crippen LogP contribution in [0.15, 0.2) is 29.8 Å². The number of carbonyl (C=O) groups excluding carboxylic acids is 2. The third kappa shape index (κ3) is 5.22. The van der Waals surface area contributed by atoms with Crippen LogP contribution in [-0.2, 0) is 9.59 Å². The lowest BCUT2D eigenvalue weighted by Gasteiger charge is -2.30. The van der Waals surface area contributed by atoms with Gasteiger partial charge in [-0.1, -0.05) is 45.0 Å². The average Bonchev–Trinajstić information content (AvgIpc) is 3.31. The Morgan fingerprint density at radius 2 is 1.81 bits per heavy atom. The van der Waals surface area contributed by atoms with Crippen molar-refractivity contribution < 1.29 is 14.7 Å². The van der Waals surface area contributed by atoms with Crippen molar-refractivity contribution in [1.29, 1.82) is 0 Å². The highest BCUT2D eigenvalue weighted by Crippen LogP contribution is 2.36. The maximum Gasteiger partial charge on any atom is 0.224 e. The van der Waals surface area contributed by atoms with E-state index in [-0.39, 0.29) is 30.6 Å². The summed E-state index contributed by atoms with van der Waals surface area (Å²) in [5.41, 5.74) is 10.7. The molecule has 0 saturated heterocycles. The van der Waals surface area contributed by atoms with Gasteiger partial charge >= 0.3 is 0 Å². The van der Waals surface area contributed by atoms with Gasteiger partial charge in [-0.25, -0.2) is 4.98 Å². The maximum absolute atomic E-state index is 13.0. The first-order chi connectivity index (χ1) is 14.5. The fourth-order valence-corrected chi connectivity index (χ4v) is 4.99. The summed E-state index contributed by atoms with van der Waals surface area (Å²) in [6.07, 6.45) is -0.0815. The highest BCUT2D eigenvalue weighted by atomic mass is 32.1. The molecule has 1 aliphatic rings. The number of thiazole rings is 1. The van der Waals surface area contributed by atoms with E-state index >= 15 is 0 Å². The van der Waals surface area contributed by atoms with Crippen molar-refractivity contribution in [3.05, 3.63) is 41.0 Å². The molecule has 1 aromatic carbocycles. The minimum atomic E-state index is -0.668. The summed E-state index contributed by atoms with van der Waals surface area (Å²) in [4.78, 5) is 31.4. The number of nitrogens with two attached hydrogens (primary N) is 1. The van der Waals surface area contributed by atoms with Gasteiger partial charge < -0.3 is 16.2 Å². The first kappa shape index (κ1) is 23.6. The third-order valence-electron chi connectivity index (χ3n) is 6.26. The number of aryl methyl sites for hydroxylation is 1. The van der Waals surface area contributed by atoms with Crippen LogP contribution >= 0.6 is 11.3 Å². The molecule has 1 heterocycles. The van der Waals surface area contributed by atoms with E-state index in [4.69, 9.17) is 5.73 Å². The fraction of sp³-hybridized carbons (Fsp3) is 0.542. The molecule has 1 amide bonds. The van der Waals surface area contributed by atoms with E-state index in [1.807, 2.05) is 64.4 Å². The lowest BCUT2D eigenvalue weighted by Crippen LogP contribution is -2.48. The molecule has 0 radical (unpaired) electrons. The molecule has 4 N–H and O–H groups in total. The second-order valence-corrected chi connectivity index (χ2v) is 10.6. The molecule has 5 atom stereocenters. The molecule has 2 aromatic rings. The normalized spacial score (nSPS) is 23.4. The molecule has 1 saturated carbocycles. The second-order valence-electron chi connectivity index (χ2n) is 9.70. The third-order valence-corrected chi connectivity index (χ3v) is 7.23. The monoisotopic (exact) mass is 443 g/mol. The fourth-order valence-electron chi connectivity index (χ4n) is 4.18. The van der Waals surface area contributed by atoms with Crippen LogP contribution in [0.4, 0.5) is 0 Å². The molecule has 3 rings (SSSR count). The number of aliphatic hydroxyl groups excluding tert-OH is 1. The summed E-state index contributed by atoms with van der Waals surface area (Å²) in [7, 11) is 0. The highest BCUT2D eigenvalue weighted by Gasteiger charge is 2.45. The topological polar surface area (TPSA) is 105 Å². The van der Waals surface area contributed by atoms with Crippen LogP contribution in [0.25, 0.3) is 10.4 Å². The van der Waals surface area contributed by atoms with E-state index in [2.05, 4.69) is 10.3 Å². The van der Waals surface area contributed by atoms with Crippen molar-refractivity contribution in [3.8, 4) is 10.4 Å². The number of hydrogen-bond acceptors (Lipinski definition) is 6. The number of aromatic nitrogens is 1. The Kier molecular flexibility index (Phi) is 6.98. The zero-order valence-corrected chi connectivity index (χ0v) is 19.7. The van der Waals surface area contributed by atoms with E-state index in [0.29, 0.717) is 0 Å². The molecule has 168 valence electrons. The van der Waals surface area contributed by atoms with Crippen LogP contribution in [0, 0.1) is 24.2 Å². The van der Waals surface area contributed by atoms with Crippen molar-refractivity contribution in [3.63, 3.8) is 0 Å². The predicted octanol–water partition coefficient (Wildman–Crippen LogP) is 3.63. The standard InChI is InChI=1S/C24H33N3O3S/c1-13(15-6-8-16(9-7-15)21-14(2)26-12-31-21)27-23(30)19-11-17(28)10-18(19)20(29)22(25)24(3,4)5/h6-9,12-13,17-19,22,28H,10-11,25H2,1-5H3,(H,27,30)/t13-,17+,18?,19-,22?/m1/s1. The number of Topliss-reactive ketones (excluding diaryl/α,β-unsaturated/α-hetero) is 1. The quantitative estimate of drug-likeness (QED) is 0.632. The summed E-state index contributed by atoms with van der Waals surface area (Å²) in [5.74, 6) is -1.45. The van der Waals surface area contributed by atoms with Crippen molar-refractivity contribution in [2.24, 2.45) is 23.0 Å². The van der Waals surface area contributed by atoms with Crippen LogP contribution in [0.5, 0.6) is 0 Å². The molecule has 31 heavy (non-hydrogen) atoms. The number of nitrogens with one attached hydrogen (secondary N) is 1. The van der Waals surface area contributed by atoms with Gasteiger partial charge in [0.25, 0.3) is 0 Å². The van der Waals surface area contributed by atoms with Gasteiger partial charge in [0.1, 0.15) is 0 Å². The van der Waals surface area contributed by atoms with E-state index in [1.165, 1.54) is 0 Å². The Bertz CT molecular complexity index is 932. The molecule has 1 fully saturated rings. The molecular formula is C24H33N3O3S. The van der Waals surface area contributed by atoms with Gasteiger partial charge in [0.15, 0.2) is 5.78 Å². The summed E-state index contributed by atoms with van der Waals surface area (Å²) >= 11 is 1.60. The van der Waals surface area contributed by atoms with Crippen LogP contribution in [0.1, 0.15) is 57.8 Å². The maximum atomic E-state index is 13.0. The number of benzene rings is 1. The second kappa shape index (κ2) is 9.18. The molecule has 7 heteroatoms. The Balaban J connectivity index is 1.69. The SMILES string of the molecule is Cc1ncsc1-c1ccc([C@@H](C)NC(=O)[C@@H]2C[C@@H](O)CC2C(=O)C(N)C(C)(C)C)cc1. The van der Waals surface area contributed by atoms with Crippen LogP contribution in [0.3, 0.4) is 0 Å². The van der Waals surface area contributed by atoms with Crippen molar-refractivity contribution >= 4 is 23.0 Å². The van der Waals surface area contributed by atoms with Gasteiger partial charge in [-0.2, -0.15) is 0 Å². The van der Waals surface area contributed by atoms with Crippen LogP contribution in [0.2, 0.25) is 0 Å². The number of hydrogen-bond donors (Lipinski definition) is 3. The number of nitrogens with zero attached hydrogens (tertiary/aromatic N) is 1. The molecule has 1 aliphatic carbocycles. The average molecular weight is 444 g/mol. The predicted molar refractivity (Wildman–Crippen MR) is 124 cm³/mol. The van der Waals surface area contributed by atoms with Gasteiger partial charge in [-0.05, 0) is 43.2 Å². The smallest absolute Gasteiger partial charge is 0.224 e. The number of rotatable bonds is 6. The van der Waals surface area contributed by atoms with Gasteiger partial charge in [-0.3, -0.25) is 9.59 Å². The van der Waals surface area contributed by atoms with Crippen molar-refractivity contribution in [1.82, 2.24) is 10.3 Å². The minimum absolute atomic E-state index is 0.138. The van der Waals surface area contributed by atoms with E-state index in [0.717, 1.165) is 21.7 Å². The highest BCUT2D eigenvalue weighted by molar-refractivity contribution is 7.13. The molecule has 2 unspecified atom stereocenters. The lowest BCUT2D eigenvalue weighted by atomic mass is 9.78. The van der Waals surface area contributed by atoms with Crippen LogP contribution in [-0.4, -0.2) is 33.9 Å². The molecule has 0 bridgehead atoms. The van der Waals surface area contributed by atoms with Gasteiger partial charge in [0.2, 0.25) is 5.91 Å². The Morgan fingerprint density at radius 3 is 2.35 bits per heavy atom. The lowest BCUT2D eigenvalue weighted by molar-refractivity contribution is -0.134. The molecular weight excluding hydrogens is 410 g/mol. The largest absolute Gasteiger partial charge is 0.393 e. The Morgan fingerprint density at radius 1 is 1.19 bits per heavy atom. The molecule has 6 nitrogen and oxygen atoms in total. The van der Waals surface area contributed by atoms with Crippen molar-refractivity contribution in [2.45, 2.75) is 65.6 Å². The van der Waals surface area contributed by atoms with E-state index in [1.54, 1.807) is 11.3 Å². The first-order valence-electron chi connectivity index (χ1n) is 10.8. The summed E-state index contributed by atoms with van der Waals surface area (Å²) in [5, 5.41) is 13.2. The Hall–Kier alpha value is -2.09. The van der Waals surface area contributed by atoms with Gasteiger partial charge in [-0.15, -0.1) is 11.3 Å². The van der Waals surface area contributed by atoms with E-state index < -0.39 is 29.4 Å². The Labute approximate surface area is 188 Å².